The molecule has 0 aliphatic carbocycles. The minimum atomic E-state index is -0.198. The van der Waals surface area contributed by atoms with Gasteiger partial charge in [-0.25, -0.2) is 4.98 Å². The summed E-state index contributed by atoms with van der Waals surface area (Å²) in [7, 11) is 0. The third kappa shape index (κ3) is 2.97. The highest BCUT2D eigenvalue weighted by atomic mass is 16.3. The third-order valence-electron chi connectivity index (χ3n) is 3.03. The Morgan fingerprint density at radius 3 is 2.81 bits per heavy atom. The number of amides is 1. The van der Waals surface area contributed by atoms with Crippen molar-refractivity contribution in [1.82, 2.24) is 9.97 Å². The number of hydrogen-bond donors (Lipinski definition) is 2. The fourth-order valence-corrected chi connectivity index (χ4v) is 2.06. The molecule has 2 heterocycles. The molecule has 2 N–H and O–H groups in total. The van der Waals surface area contributed by atoms with Crippen LogP contribution in [0.25, 0.3) is 10.9 Å². The lowest BCUT2D eigenvalue weighted by Gasteiger charge is -2.06. The van der Waals surface area contributed by atoms with Crippen LogP contribution in [0.15, 0.2) is 54.7 Å². The van der Waals surface area contributed by atoms with Crippen molar-refractivity contribution >= 4 is 22.6 Å². The van der Waals surface area contributed by atoms with Crippen LogP contribution in [0.4, 0.5) is 5.82 Å². The van der Waals surface area contributed by atoms with Gasteiger partial charge in [0.2, 0.25) is 5.91 Å². The van der Waals surface area contributed by atoms with E-state index >= 15 is 0 Å². The summed E-state index contributed by atoms with van der Waals surface area (Å²) in [6.07, 6.45) is 1.83. The maximum atomic E-state index is 11.9. The van der Waals surface area contributed by atoms with Gasteiger partial charge in [-0.2, -0.15) is 0 Å². The Balaban J connectivity index is 1.78. The molecule has 104 valence electrons. The highest BCUT2D eigenvalue weighted by Crippen LogP contribution is 2.23. The quantitative estimate of drug-likeness (QED) is 0.772. The number of carbonyl (C=O) groups excluding carboxylic acids is 1. The Labute approximate surface area is 121 Å². The Morgan fingerprint density at radius 1 is 1.10 bits per heavy atom. The smallest absolute Gasteiger partial charge is 0.231 e. The van der Waals surface area contributed by atoms with Crippen LogP contribution in [0.1, 0.15) is 5.69 Å². The molecule has 5 nitrogen and oxygen atoms in total. The number of nitrogens with zero attached hydrogens (tertiary/aromatic N) is 2. The molecular formula is C16H13N3O2. The van der Waals surface area contributed by atoms with Crippen LogP contribution in [0.5, 0.6) is 5.75 Å². The average molecular weight is 279 g/mol. The number of aromatic nitrogens is 2. The molecule has 0 unspecified atom stereocenters. The second kappa shape index (κ2) is 5.58. The van der Waals surface area contributed by atoms with Crippen LogP contribution in [-0.2, 0) is 11.2 Å². The zero-order chi connectivity index (χ0) is 14.7. The molecule has 0 aliphatic heterocycles. The first-order valence-corrected chi connectivity index (χ1v) is 6.51. The molecule has 5 heteroatoms. The van der Waals surface area contributed by atoms with E-state index in [1.165, 1.54) is 0 Å². The monoisotopic (exact) mass is 279 g/mol. The number of rotatable bonds is 3. The molecule has 0 aliphatic rings. The zero-order valence-electron chi connectivity index (χ0n) is 11.2. The lowest BCUT2D eigenvalue weighted by atomic mass is 10.2. The standard InChI is InChI=1S/C16H13N3O2/c20-13-6-3-4-11-7-8-14(19-16(11)13)18-15(21)10-12-5-1-2-9-17-12/h1-9,20H,10H2,(H,18,19,21). The second-order valence-corrected chi connectivity index (χ2v) is 4.59. The van der Waals surface area contributed by atoms with Gasteiger partial charge in [-0.3, -0.25) is 9.78 Å². The van der Waals surface area contributed by atoms with Gasteiger partial charge in [-0.05, 0) is 30.3 Å². The number of pyridine rings is 2. The Morgan fingerprint density at radius 2 is 2.00 bits per heavy atom. The summed E-state index contributed by atoms with van der Waals surface area (Å²) in [5, 5.41) is 13.3. The molecule has 2 aromatic heterocycles. The van der Waals surface area contributed by atoms with Crippen molar-refractivity contribution in [3.05, 3.63) is 60.4 Å². The Bertz CT molecular complexity index is 788. The number of phenols is 1. The van der Waals surface area contributed by atoms with E-state index in [4.69, 9.17) is 0 Å². The van der Waals surface area contributed by atoms with E-state index in [1.54, 1.807) is 42.6 Å². The van der Waals surface area contributed by atoms with Gasteiger partial charge in [0.1, 0.15) is 17.1 Å². The van der Waals surface area contributed by atoms with Gasteiger partial charge in [-0.1, -0.05) is 18.2 Å². The minimum absolute atomic E-state index is 0.0910. The maximum Gasteiger partial charge on any atom is 0.231 e. The number of hydrogen-bond acceptors (Lipinski definition) is 4. The SMILES string of the molecule is O=C(Cc1ccccn1)Nc1ccc2cccc(O)c2n1. The van der Waals surface area contributed by atoms with Crippen LogP contribution in [0.2, 0.25) is 0 Å². The number of phenolic OH excluding ortho intramolecular Hbond substituents is 1. The van der Waals surface area contributed by atoms with Gasteiger partial charge in [0, 0.05) is 17.3 Å². The summed E-state index contributed by atoms with van der Waals surface area (Å²) < 4.78 is 0. The molecule has 0 atom stereocenters. The van der Waals surface area contributed by atoms with Crippen molar-refractivity contribution in [3.8, 4) is 5.75 Å². The van der Waals surface area contributed by atoms with Gasteiger partial charge in [0.15, 0.2) is 0 Å². The summed E-state index contributed by atoms with van der Waals surface area (Å²) in [5.41, 5.74) is 1.16. The molecule has 0 radical (unpaired) electrons. The van der Waals surface area contributed by atoms with Crippen molar-refractivity contribution in [2.45, 2.75) is 6.42 Å². The fraction of sp³-hybridized carbons (Fsp3) is 0.0625. The molecule has 0 fully saturated rings. The number of para-hydroxylation sites is 1. The number of fused-ring (bicyclic) bond motifs is 1. The first-order chi connectivity index (χ1) is 10.2. The van der Waals surface area contributed by atoms with Crippen molar-refractivity contribution in [2.24, 2.45) is 0 Å². The van der Waals surface area contributed by atoms with Crippen molar-refractivity contribution < 1.29 is 9.90 Å². The van der Waals surface area contributed by atoms with Crippen molar-refractivity contribution in [1.29, 1.82) is 0 Å². The molecule has 0 spiro atoms. The molecule has 21 heavy (non-hydrogen) atoms. The van der Waals surface area contributed by atoms with Crippen molar-refractivity contribution in [2.75, 3.05) is 5.32 Å². The van der Waals surface area contributed by atoms with Gasteiger partial charge in [0.05, 0.1) is 6.42 Å². The van der Waals surface area contributed by atoms with Gasteiger partial charge < -0.3 is 10.4 Å². The van der Waals surface area contributed by atoms with Crippen LogP contribution in [-0.4, -0.2) is 21.0 Å². The lowest BCUT2D eigenvalue weighted by Crippen LogP contribution is -2.15. The van der Waals surface area contributed by atoms with E-state index in [0.29, 0.717) is 17.0 Å². The summed E-state index contributed by atoms with van der Waals surface area (Å²) in [5.74, 6) is 0.300. The molecule has 0 saturated carbocycles. The molecule has 3 rings (SSSR count). The predicted octanol–water partition coefficient (Wildman–Crippen LogP) is 2.52. The normalized spacial score (nSPS) is 10.5. The first-order valence-electron chi connectivity index (χ1n) is 6.51. The minimum Gasteiger partial charge on any atom is -0.506 e. The highest BCUT2D eigenvalue weighted by Gasteiger charge is 2.07. The predicted molar refractivity (Wildman–Crippen MR) is 80.0 cm³/mol. The van der Waals surface area contributed by atoms with Crippen molar-refractivity contribution in [3.63, 3.8) is 0 Å². The topological polar surface area (TPSA) is 75.1 Å². The van der Waals surface area contributed by atoms with Crippen LogP contribution >= 0.6 is 0 Å². The van der Waals surface area contributed by atoms with Gasteiger partial charge >= 0.3 is 0 Å². The average Bonchev–Trinajstić information content (AvgIpc) is 2.49. The van der Waals surface area contributed by atoms with E-state index in [0.717, 1.165) is 5.39 Å². The van der Waals surface area contributed by atoms with Crippen LogP contribution in [0, 0.1) is 0 Å². The van der Waals surface area contributed by atoms with E-state index < -0.39 is 0 Å². The lowest BCUT2D eigenvalue weighted by molar-refractivity contribution is -0.115. The first kappa shape index (κ1) is 13.1. The zero-order valence-corrected chi connectivity index (χ0v) is 11.2. The summed E-state index contributed by atoms with van der Waals surface area (Å²) >= 11 is 0. The third-order valence-corrected chi connectivity index (χ3v) is 3.03. The molecule has 1 amide bonds. The summed E-state index contributed by atoms with van der Waals surface area (Å²) in [6.45, 7) is 0. The number of benzene rings is 1. The van der Waals surface area contributed by atoms with Crippen LogP contribution < -0.4 is 5.32 Å². The van der Waals surface area contributed by atoms with E-state index in [1.807, 2.05) is 12.1 Å². The fourth-order valence-electron chi connectivity index (χ4n) is 2.06. The van der Waals surface area contributed by atoms with Gasteiger partial charge in [-0.15, -0.1) is 0 Å². The largest absolute Gasteiger partial charge is 0.506 e. The summed E-state index contributed by atoms with van der Waals surface area (Å²) in [6, 6.07) is 14.1. The highest BCUT2D eigenvalue weighted by molar-refractivity contribution is 5.93. The second-order valence-electron chi connectivity index (χ2n) is 4.59. The van der Waals surface area contributed by atoms with E-state index in [2.05, 4.69) is 15.3 Å². The molecule has 0 bridgehead atoms. The van der Waals surface area contributed by atoms with Crippen LogP contribution in [0.3, 0.4) is 0 Å². The molecular weight excluding hydrogens is 266 g/mol. The number of nitrogens with one attached hydrogen (secondary N) is 1. The van der Waals surface area contributed by atoms with E-state index in [9.17, 15) is 9.90 Å². The van der Waals surface area contributed by atoms with E-state index in [-0.39, 0.29) is 18.1 Å². The molecule has 1 aromatic carbocycles. The summed E-state index contributed by atoms with van der Waals surface area (Å²) in [4.78, 5) is 20.3. The van der Waals surface area contributed by atoms with Gasteiger partial charge in [0.25, 0.3) is 0 Å². The molecule has 3 aromatic rings. The number of carbonyl (C=O) groups is 1. The number of anilines is 1. The molecule has 0 saturated heterocycles. The Hall–Kier alpha value is -2.95. The number of aromatic hydroxyl groups is 1. The maximum absolute atomic E-state index is 11.9. The Kier molecular flexibility index (Phi) is 3.47.